The highest BCUT2D eigenvalue weighted by molar-refractivity contribution is 7.89. The van der Waals surface area contributed by atoms with Crippen molar-refractivity contribution in [3.05, 3.63) is 34.9 Å². The minimum absolute atomic E-state index is 0.00593. The Kier molecular flexibility index (Phi) is 6.08. The first-order valence-corrected chi connectivity index (χ1v) is 8.01. The lowest BCUT2D eigenvalue weighted by atomic mass is 10.0. The molecule has 0 fully saturated rings. The number of nitrogens with one attached hydrogen (secondary N) is 1. The van der Waals surface area contributed by atoms with Crippen LogP contribution in [0.2, 0.25) is 5.02 Å². The maximum Gasteiger partial charge on any atom is 0.209 e. The van der Waals surface area contributed by atoms with Gasteiger partial charge in [-0.05, 0) is 37.1 Å². The molecule has 0 spiro atoms. The molecule has 1 aromatic carbocycles. The van der Waals surface area contributed by atoms with E-state index < -0.39 is 10.0 Å². The molecule has 0 heterocycles. The average Bonchev–Trinajstić information content (AvgIpc) is 2.27. The summed E-state index contributed by atoms with van der Waals surface area (Å²) in [5.41, 5.74) is 1.11. The van der Waals surface area contributed by atoms with Gasteiger partial charge in [-0.25, -0.2) is 13.6 Å². The molecule has 0 aliphatic heterocycles. The van der Waals surface area contributed by atoms with Gasteiger partial charge in [0, 0.05) is 11.1 Å². The normalized spacial score (nSPS) is 13.5. The first-order chi connectivity index (χ1) is 8.42. The summed E-state index contributed by atoms with van der Waals surface area (Å²) in [6.07, 6.45) is 1.42. The van der Waals surface area contributed by atoms with E-state index in [2.05, 4.69) is 12.2 Å². The first-order valence-electron chi connectivity index (χ1n) is 5.91. The third-order valence-electron chi connectivity index (χ3n) is 2.66. The fourth-order valence-electron chi connectivity index (χ4n) is 1.77. The van der Waals surface area contributed by atoms with Crippen LogP contribution in [0.15, 0.2) is 24.3 Å². The zero-order valence-corrected chi connectivity index (χ0v) is 12.0. The van der Waals surface area contributed by atoms with E-state index in [0.29, 0.717) is 18.0 Å². The lowest BCUT2D eigenvalue weighted by Crippen LogP contribution is -2.25. The fraction of sp³-hybridized carbons (Fsp3) is 0.500. The zero-order valence-electron chi connectivity index (χ0n) is 10.4. The summed E-state index contributed by atoms with van der Waals surface area (Å²) < 4.78 is 21.6. The van der Waals surface area contributed by atoms with Crippen LogP contribution in [0.3, 0.4) is 0 Å². The molecule has 1 rings (SSSR count). The van der Waals surface area contributed by atoms with Crippen molar-refractivity contribution >= 4 is 21.6 Å². The van der Waals surface area contributed by atoms with E-state index in [1.807, 2.05) is 24.3 Å². The molecule has 0 saturated carbocycles. The predicted octanol–water partition coefficient (Wildman–Crippen LogP) is 2.06. The summed E-state index contributed by atoms with van der Waals surface area (Å²) in [4.78, 5) is 0. The summed E-state index contributed by atoms with van der Waals surface area (Å²) in [6.45, 7) is 2.68. The topological polar surface area (TPSA) is 72.2 Å². The molecule has 0 bridgehead atoms. The van der Waals surface area contributed by atoms with Gasteiger partial charge in [0.15, 0.2) is 0 Å². The number of nitrogens with two attached hydrogens (primary N) is 1. The van der Waals surface area contributed by atoms with Crippen LogP contribution in [-0.2, 0) is 10.0 Å². The van der Waals surface area contributed by atoms with Gasteiger partial charge in [-0.3, -0.25) is 0 Å². The zero-order chi connectivity index (χ0) is 13.6. The SMILES string of the molecule is CCC(NCCCS(N)(=O)=O)c1cccc(Cl)c1. The van der Waals surface area contributed by atoms with Crippen LogP contribution in [-0.4, -0.2) is 20.7 Å². The number of rotatable bonds is 7. The molecule has 0 radical (unpaired) electrons. The van der Waals surface area contributed by atoms with Gasteiger partial charge in [0.1, 0.15) is 0 Å². The summed E-state index contributed by atoms with van der Waals surface area (Å²) in [6, 6.07) is 7.85. The third kappa shape index (κ3) is 5.82. The molecule has 1 unspecified atom stereocenters. The molecule has 0 aromatic heterocycles. The molecule has 3 N–H and O–H groups in total. The maximum atomic E-state index is 10.8. The molecule has 6 heteroatoms. The van der Waals surface area contributed by atoms with Crippen LogP contribution in [0.5, 0.6) is 0 Å². The number of sulfonamides is 1. The smallest absolute Gasteiger partial charge is 0.209 e. The van der Waals surface area contributed by atoms with Gasteiger partial charge >= 0.3 is 0 Å². The van der Waals surface area contributed by atoms with Gasteiger partial charge < -0.3 is 5.32 Å². The molecule has 102 valence electrons. The molecule has 4 nitrogen and oxygen atoms in total. The number of hydrogen-bond acceptors (Lipinski definition) is 3. The van der Waals surface area contributed by atoms with Crippen LogP contribution >= 0.6 is 11.6 Å². The lowest BCUT2D eigenvalue weighted by molar-refractivity contribution is 0.516. The second kappa shape index (κ2) is 7.09. The fourth-order valence-corrected chi connectivity index (χ4v) is 2.52. The number of halogens is 1. The summed E-state index contributed by atoms with van der Waals surface area (Å²) in [5.74, 6) is 0.00593. The number of primary sulfonamides is 1. The van der Waals surface area contributed by atoms with Crippen molar-refractivity contribution in [2.75, 3.05) is 12.3 Å². The quantitative estimate of drug-likeness (QED) is 0.755. The van der Waals surface area contributed by atoms with Crippen molar-refractivity contribution in [1.29, 1.82) is 0 Å². The number of hydrogen-bond donors (Lipinski definition) is 2. The van der Waals surface area contributed by atoms with Gasteiger partial charge in [0.05, 0.1) is 5.75 Å². The van der Waals surface area contributed by atoms with Crippen LogP contribution < -0.4 is 10.5 Å². The molecular formula is C12H19ClN2O2S. The molecular weight excluding hydrogens is 272 g/mol. The molecule has 0 aliphatic carbocycles. The number of benzene rings is 1. The van der Waals surface area contributed by atoms with Crippen LogP contribution in [0.1, 0.15) is 31.4 Å². The molecule has 0 saturated heterocycles. The predicted molar refractivity (Wildman–Crippen MR) is 75.1 cm³/mol. The van der Waals surface area contributed by atoms with Crippen molar-refractivity contribution in [1.82, 2.24) is 5.32 Å². The first kappa shape index (κ1) is 15.4. The van der Waals surface area contributed by atoms with Gasteiger partial charge in [-0.1, -0.05) is 30.7 Å². The minimum atomic E-state index is -3.36. The maximum absolute atomic E-state index is 10.8. The van der Waals surface area contributed by atoms with E-state index >= 15 is 0 Å². The van der Waals surface area contributed by atoms with E-state index in [9.17, 15) is 8.42 Å². The summed E-state index contributed by atoms with van der Waals surface area (Å²) >= 11 is 5.94. The monoisotopic (exact) mass is 290 g/mol. The Morgan fingerprint density at radius 3 is 2.72 bits per heavy atom. The van der Waals surface area contributed by atoms with Gasteiger partial charge in [-0.15, -0.1) is 0 Å². The highest BCUT2D eigenvalue weighted by Crippen LogP contribution is 2.20. The summed E-state index contributed by atoms with van der Waals surface area (Å²) in [5, 5.41) is 8.96. The molecule has 0 aliphatic rings. The lowest BCUT2D eigenvalue weighted by Gasteiger charge is -2.17. The standard InChI is InChI=1S/C12H19ClN2O2S/c1-2-12(10-5-3-6-11(13)9-10)15-7-4-8-18(14,16)17/h3,5-6,9,12,15H,2,4,7-8H2,1H3,(H2,14,16,17). The minimum Gasteiger partial charge on any atom is -0.310 e. The Morgan fingerprint density at radius 2 is 2.17 bits per heavy atom. The van der Waals surface area contributed by atoms with E-state index in [1.165, 1.54) is 0 Å². The van der Waals surface area contributed by atoms with Crippen molar-refractivity contribution in [3.63, 3.8) is 0 Å². The van der Waals surface area contributed by atoms with Crippen molar-refractivity contribution in [3.8, 4) is 0 Å². The van der Waals surface area contributed by atoms with E-state index in [4.69, 9.17) is 16.7 Å². The summed E-state index contributed by atoms with van der Waals surface area (Å²) in [7, 11) is -3.36. The molecule has 18 heavy (non-hydrogen) atoms. The van der Waals surface area contributed by atoms with Crippen LogP contribution in [0.4, 0.5) is 0 Å². The molecule has 1 atom stereocenters. The Morgan fingerprint density at radius 1 is 1.44 bits per heavy atom. The van der Waals surface area contributed by atoms with E-state index in [1.54, 1.807) is 0 Å². The van der Waals surface area contributed by atoms with Crippen molar-refractivity contribution < 1.29 is 8.42 Å². The largest absolute Gasteiger partial charge is 0.310 e. The van der Waals surface area contributed by atoms with Crippen LogP contribution in [0.25, 0.3) is 0 Å². The Hall–Kier alpha value is -0.620. The van der Waals surface area contributed by atoms with E-state index in [-0.39, 0.29) is 11.8 Å². The van der Waals surface area contributed by atoms with Gasteiger partial charge in [0.25, 0.3) is 0 Å². The van der Waals surface area contributed by atoms with Crippen molar-refractivity contribution in [2.45, 2.75) is 25.8 Å². The highest BCUT2D eigenvalue weighted by atomic mass is 35.5. The van der Waals surface area contributed by atoms with Crippen LogP contribution in [0, 0.1) is 0 Å². The highest BCUT2D eigenvalue weighted by Gasteiger charge is 2.09. The molecule has 1 aromatic rings. The second-order valence-electron chi connectivity index (χ2n) is 4.19. The average molecular weight is 291 g/mol. The van der Waals surface area contributed by atoms with Gasteiger partial charge in [0.2, 0.25) is 10.0 Å². The van der Waals surface area contributed by atoms with E-state index in [0.717, 1.165) is 12.0 Å². The van der Waals surface area contributed by atoms with Crippen molar-refractivity contribution in [2.24, 2.45) is 5.14 Å². The third-order valence-corrected chi connectivity index (χ3v) is 3.75. The van der Waals surface area contributed by atoms with Gasteiger partial charge in [-0.2, -0.15) is 0 Å². The Labute approximate surface area is 114 Å². The Bertz CT molecular complexity index is 477. The molecule has 0 amide bonds. The second-order valence-corrected chi connectivity index (χ2v) is 6.36. The Balaban J connectivity index is 2.48.